The van der Waals surface area contributed by atoms with E-state index in [1.807, 2.05) is 30.3 Å². The summed E-state index contributed by atoms with van der Waals surface area (Å²) in [4.78, 5) is 7.42. The molecule has 4 heteroatoms. The molecule has 0 aliphatic carbocycles. The zero-order valence-electron chi connectivity index (χ0n) is 33.1. The monoisotopic (exact) mass is 779 g/mol. The molecule has 61 heavy (non-hydrogen) atoms. The summed E-state index contributed by atoms with van der Waals surface area (Å²) < 4.78 is 9.01. The van der Waals surface area contributed by atoms with Crippen molar-refractivity contribution in [2.24, 2.45) is 0 Å². The van der Waals surface area contributed by atoms with Gasteiger partial charge in [0.2, 0.25) is 5.89 Å². The van der Waals surface area contributed by atoms with Crippen LogP contribution in [0.5, 0.6) is 0 Å². The Kier molecular flexibility index (Phi) is 8.13. The van der Waals surface area contributed by atoms with Gasteiger partial charge in [-0.15, -0.1) is 0 Å². The van der Waals surface area contributed by atoms with Gasteiger partial charge in [0.05, 0.1) is 11.0 Å². The molecule has 0 aliphatic rings. The number of aromatic nitrogens is 2. The molecule has 286 valence electrons. The van der Waals surface area contributed by atoms with Gasteiger partial charge in [-0.1, -0.05) is 152 Å². The van der Waals surface area contributed by atoms with Gasteiger partial charge in [0.1, 0.15) is 5.52 Å². The van der Waals surface area contributed by atoms with E-state index in [0.29, 0.717) is 5.89 Å². The van der Waals surface area contributed by atoms with Crippen LogP contribution in [0.2, 0.25) is 0 Å². The lowest BCUT2D eigenvalue weighted by molar-refractivity contribution is 0.621. The third kappa shape index (κ3) is 5.88. The van der Waals surface area contributed by atoms with Crippen molar-refractivity contribution in [1.82, 2.24) is 9.55 Å². The van der Waals surface area contributed by atoms with Crippen molar-refractivity contribution in [3.63, 3.8) is 0 Å². The fourth-order valence-corrected chi connectivity index (χ4v) is 9.12. The van der Waals surface area contributed by atoms with Gasteiger partial charge in [0, 0.05) is 50.0 Å². The number of hydrogen-bond donors (Lipinski definition) is 0. The number of oxazole rings is 1. The molecule has 0 radical (unpaired) electrons. The van der Waals surface area contributed by atoms with E-state index in [1.165, 1.54) is 38.2 Å². The lowest BCUT2D eigenvalue weighted by Crippen LogP contribution is -2.10. The lowest BCUT2D eigenvalue weighted by Gasteiger charge is -2.26. The Bertz CT molecular complexity index is 3560. The van der Waals surface area contributed by atoms with Crippen molar-refractivity contribution in [3.05, 3.63) is 224 Å². The van der Waals surface area contributed by atoms with Crippen LogP contribution in [0.3, 0.4) is 0 Å². The fourth-order valence-electron chi connectivity index (χ4n) is 9.12. The van der Waals surface area contributed by atoms with Gasteiger partial charge in [0.15, 0.2) is 5.58 Å². The van der Waals surface area contributed by atoms with Crippen molar-refractivity contribution < 1.29 is 4.42 Å². The summed E-state index contributed by atoms with van der Waals surface area (Å²) in [6, 6.07) is 80.0. The van der Waals surface area contributed by atoms with Crippen LogP contribution >= 0.6 is 0 Å². The summed E-state index contributed by atoms with van der Waals surface area (Å²) in [5.74, 6) is 0.617. The molecular weight excluding hydrogens is 743 g/mol. The Labute approximate surface area is 352 Å². The Morgan fingerprint density at radius 3 is 1.70 bits per heavy atom. The van der Waals surface area contributed by atoms with Crippen LogP contribution in [0.1, 0.15) is 0 Å². The second-order valence-electron chi connectivity index (χ2n) is 15.6. The molecule has 0 saturated heterocycles. The van der Waals surface area contributed by atoms with Crippen LogP contribution in [0, 0.1) is 0 Å². The maximum atomic E-state index is 6.63. The summed E-state index contributed by atoms with van der Waals surface area (Å²) in [6.07, 6.45) is 0. The number of fused-ring (bicyclic) bond motifs is 7. The molecule has 0 unspecified atom stereocenters. The highest BCUT2D eigenvalue weighted by atomic mass is 16.3. The molecule has 2 aromatic heterocycles. The smallest absolute Gasteiger partial charge is 0.227 e. The highest BCUT2D eigenvalue weighted by molar-refractivity contribution is 6.12. The van der Waals surface area contributed by atoms with Gasteiger partial charge < -0.3 is 13.9 Å². The second-order valence-corrected chi connectivity index (χ2v) is 15.6. The van der Waals surface area contributed by atoms with Crippen molar-refractivity contribution in [1.29, 1.82) is 0 Å². The molecule has 10 aromatic carbocycles. The molecule has 0 atom stereocenters. The summed E-state index contributed by atoms with van der Waals surface area (Å²) >= 11 is 0. The first-order valence-corrected chi connectivity index (χ1v) is 20.7. The van der Waals surface area contributed by atoms with Crippen molar-refractivity contribution in [2.75, 3.05) is 4.90 Å². The number of anilines is 3. The van der Waals surface area contributed by atoms with Gasteiger partial charge in [0.25, 0.3) is 0 Å². The van der Waals surface area contributed by atoms with Gasteiger partial charge in [-0.2, -0.15) is 0 Å². The van der Waals surface area contributed by atoms with Crippen molar-refractivity contribution in [2.45, 2.75) is 0 Å². The summed E-state index contributed by atoms with van der Waals surface area (Å²) in [7, 11) is 0. The topological polar surface area (TPSA) is 34.2 Å². The number of rotatable bonds is 7. The van der Waals surface area contributed by atoms with Crippen molar-refractivity contribution >= 4 is 71.5 Å². The fraction of sp³-hybridized carbons (Fsp3) is 0. The third-order valence-electron chi connectivity index (χ3n) is 12.0. The lowest BCUT2D eigenvalue weighted by atomic mass is 9.98. The Balaban J connectivity index is 1.02. The maximum absolute atomic E-state index is 6.63. The Morgan fingerprint density at radius 2 is 0.951 bits per heavy atom. The number of nitrogens with zero attached hydrogens (tertiary/aromatic N) is 3. The SMILES string of the molecule is c1ccc(-c2nc3c(o2)c(-c2ccc(N(c4ccc(-c5cccc6ccccc56)cc4)c4ccc5c6ccccc6n(-c6ccccc6)c5c4)cc2)cc2ccccc23)cc1. The van der Waals surface area contributed by atoms with Crippen LogP contribution in [0.25, 0.3) is 93.8 Å². The van der Waals surface area contributed by atoms with E-state index >= 15 is 0 Å². The van der Waals surface area contributed by atoms with E-state index in [9.17, 15) is 0 Å². The van der Waals surface area contributed by atoms with Crippen LogP contribution in [0.4, 0.5) is 17.1 Å². The number of benzene rings is 10. The van der Waals surface area contributed by atoms with E-state index in [4.69, 9.17) is 9.40 Å². The molecule has 0 N–H and O–H groups in total. The largest absolute Gasteiger partial charge is 0.435 e. The molecule has 0 bridgehead atoms. The Hall–Kier alpha value is -8.21. The Morgan fingerprint density at radius 1 is 0.377 bits per heavy atom. The van der Waals surface area contributed by atoms with E-state index < -0.39 is 0 Å². The minimum Gasteiger partial charge on any atom is -0.435 e. The zero-order chi connectivity index (χ0) is 40.3. The van der Waals surface area contributed by atoms with Crippen molar-refractivity contribution in [3.8, 4) is 39.4 Å². The highest BCUT2D eigenvalue weighted by Gasteiger charge is 2.20. The van der Waals surface area contributed by atoms with Gasteiger partial charge in [-0.3, -0.25) is 0 Å². The minimum absolute atomic E-state index is 0.617. The summed E-state index contributed by atoms with van der Waals surface area (Å²) in [6.45, 7) is 0. The third-order valence-corrected chi connectivity index (χ3v) is 12.0. The van der Waals surface area contributed by atoms with E-state index in [1.54, 1.807) is 0 Å². The summed E-state index contributed by atoms with van der Waals surface area (Å²) in [5.41, 5.74) is 13.7. The molecule has 0 saturated carbocycles. The van der Waals surface area contributed by atoms with Crippen LogP contribution < -0.4 is 4.90 Å². The van der Waals surface area contributed by atoms with Gasteiger partial charge in [-0.25, -0.2) is 4.98 Å². The molecular formula is C57H37N3O. The standard InChI is InChI=1S/C57H37N3O/c1-3-15-41(16-4-1)57-58-55-49-22-10-8-17-42(49)36-52(56(55)61-57)40-28-32-45(33-29-40)59(44-30-26-39(27-31-44)48-24-13-18-38-14-7-9-21-47(38)48)46-34-35-51-50-23-11-12-25-53(50)60(54(51)37-46)43-19-5-2-6-20-43/h1-37H. The van der Waals surface area contributed by atoms with E-state index in [-0.39, 0.29) is 0 Å². The zero-order valence-corrected chi connectivity index (χ0v) is 33.1. The molecule has 12 rings (SSSR count). The molecule has 2 heterocycles. The first-order chi connectivity index (χ1) is 30.2. The van der Waals surface area contributed by atoms with Gasteiger partial charge >= 0.3 is 0 Å². The molecule has 4 nitrogen and oxygen atoms in total. The predicted octanol–water partition coefficient (Wildman–Crippen LogP) is 15.7. The maximum Gasteiger partial charge on any atom is 0.227 e. The second kappa shape index (κ2) is 14.3. The highest BCUT2D eigenvalue weighted by Crippen LogP contribution is 2.43. The first kappa shape index (κ1) is 34.8. The molecule has 12 aromatic rings. The number of hydrogen-bond acceptors (Lipinski definition) is 3. The molecule has 0 spiro atoms. The molecule has 0 amide bonds. The average Bonchev–Trinajstić information content (AvgIpc) is 3.93. The summed E-state index contributed by atoms with van der Waals surface area (Å²) in [5, 5.41) is 7.12. The predicted molar refractivity (Wildman–Crippen MR) is 254 cm³/mol. The van der Waals surface area contributed by atoms with Crippen LogP contribution in [-0.2, 0) is 0 Å². The normalized spacial score (nSPS) is 11.6. The minimum atomic E-state index is 0.617. The van der Waals surface area contributed by atoms with Gasteiger partial charge in [-0.05, 0) is 106 Å². The van der Waals surface area contributed by atoms with Crippen LogP contribution in [0.15, 0.2) is 229 Å². The van der Waals surface area contributed by atoms with E-state index in [0.717, 1.165) is 66.8 Å². The first-order valence-electron chi connectivity index (χ1n) is 20.7. The number of para-hydroxylation sites is 2. The quantitative estimate of drug-likeness (QED) is 0.162. The van der Waals surface area contributed by atoms with Crippen LogP contribution in [-0.4, -0.2) is 9.55 Å². The average molecular weight is 780 g/mol. The molecule has 0 aliphatic heterocycles. The molecule has 0 fully saturated rings. The van der Waals surface area contributed by atoms with E-state index in [2.05, 4.69) is 204 Å².